The average molecular weight is 235 g/mol. The Hall–Kier alpha value is -1.42. The molecule has 1 aromatic rings. The average Bonchev–Trinajstić information content (AvgIpc) is 2.89. The lowest BCUT2D eigenvalue weighted by molar-refractivity contribution is 0.0436. The molecule has 0 bridgehead atoms. The summed E-state index contributed by atoms with van der Waals surface area (Å²) in [6, 6.07) is 3.52. The molecular formula is C13H17NO3. The molecule has 0 atom stereocenters. The van der Waals surface area contributed by atoms with Crippen LogP contribution in [0, 0.1) is 0 Å². The van der Waals surface area contributed by atoms with Crippen molar-refractivity contribution in [1.29, 1.82) is 0 Å². The molecule has 2 rings (SSSR count). The van der Waals surface area contributed by atoms with E-state index in [2.05, 4.69) is 9.72 Å². The minimum absolute atomic E-state index is 0.360. The summed E-state index contributed by atoms with van der Waals surface area (Å²) in [7, 11) is 1.36. The first-order chi connectivity index (χ1) is 8.29. The molecule has 92 valence electrons. The number of carbonyl (C=O) groups is 1. The van der Waals surface area contributed by atoms with Crippen molar-refractivity contribution in [3.8, 4) is 0 Å². The Kier molecular flexibility index (Phi) is 4.09. The van der Waals surface area contributed by atoms with Gasteiger partial charge in [0.15, 0.2) is 0 Å². The van der Waals surface area contributed by atoms with Crippen molar-refractivity contribution in [2.24, 2.45) is 0 Å². The van der Waals surface area contributed by atoms with Gasteiger partial charge in [0.05, 0.1) is 31.1 Å². The minimum Gasteiger partial charge on any atom is -0.465 e. The summed E-state index contributed by atoms with van der Waals surface area (Å²) in [6.07, 6.45) is 6.75. The maximum absolute atomic E-state index is 11.2. The molecule has 4 heteroatoms. The van der Waals surface area contributed by atoms with Gasteiger partial charge >= 0.3 is 5.97 Å². The third-order valence-electron chi connectivity index (χ3n) is 3.01. The fraction of sp³-hybridized carbons (Fsp3) is 0.538. The number of hydrogen-bond acceptors (Lipinski definition) is 4. The van der Waals surface area contributed by atoms with E-state index in [0.29, 0.717) is 18.3 Å². The lowest BCUT2D eigenvalue weighted by Crippen LogP contribution is -2.08. The second-order valence-corrected chi connectivity index (χ2v) is 4.25. The second kappa shape index (κ2) is 5.77. The highest BCUT2D eigenvalue weighted by Crippen LogP contribution is 2.21. The lowest BCUT2D eigenvalue weighted by Gasteiger charge is -2.10. The van der Waals surface area contributed by atoms with Crippen LogP contribution in [0.25, 0.3) is 0 Å². The molecule has 1 fully saturated rings. The van der Waals surface area contributed by atoms with Crippen molar-refractivity contribution in [1.82, 2.24) is 4.98 Å². The van der Waals surface area contributed by atoms with E-state index in [0.717, 1.165) is 18.5 Å². The van der Waals surface area contributed by atoms with Gasteiger partial charge in [-0.15, -0.1) is 0 Å². The number of esters is 1. The molecule has 1 aromatic heterocycles. The maximum atomic E-state index is 11.2. The minimum atomic E-state index is -0.360. The van der Waals surface area contributed by atoms with Crippen LogP contribution in [0.4, 0.5) is 0 Å². The summed E-state index contributed by atoms with van der Waals surface area (Å²) < 4.78 is 10.3. The first-order valence-electron chi connectivity index (χ1n) is 5.94. The third-order valence-corrected chi connectivity index (χ3v) is 3.01. The first-order valence-corrected chi connectivity index (χ1v) is 5.94. The molecule has 1 saturated carbocycles. The van der Waals surface area contributed by atoms with Crippen molar-refractivity contribution >= 4 is 5.97 Å². The topological polar surface area (TPSA) is 48.4 Å². The number of aromatic nitrogens is 1. The Morgan fingerprint density at radius 3 is 2.76 bits per heavy atom. The molecule has 1 heterocycles. The van der Waals surface area contributed by atoms with Crippen LogP contribution in [0.5, 0.6) is 0 Å². The van der Waals surface area contributed by atoms with Crippen LogP contribution in [0.15, 0.2) is 18.3 Å². The summed E-state index contributed by atoms with van der Waals surface area (Å²) in [6.45, 7) is 0.520. The molecule has 0 aliphatic heterocycles. The number of rotatable bonds is 4. The fourth-order valence-electron chi connectivity index (χ4n) is 2.01. The summed E-state index contributed by atoms with van der Waals surface area (Å²) in [5.74, 6) is -0.360. The van der Waals surface area contributed by atoms with Crippen LogP contribution in [0.2, 0.25) is 0 Å². The normalized spacial score (nSPS) is 16.1. The summed E-state index contributed by atoms with van der Waals surface area (Å²) in [5, 5.41) is 0. The summed E-state index contributed by atoms with van der Waals surface area (Å²) in [5.41, 5.74) is 1.32. The molecule has 0 saturated heterocycles. The maximum Gasteiger partial charge on any atom is 0.339 e. The van der Waals surface area contributed by atoms with Crippen molar-refractivity contribution in [3.63, 3.8) is 0 Å². The molecule has 0 aromatic carbocycles. The second-order valence-electron chi connectivity index (χ2n) is 4.25. The molecule has 0 unspecified atom stereocenters. The highest BCUT2D eigenvalue weighted by Gasteiger charge is 2.15. The van der Waals surface area contributed by atoms with Gasteiger partial charge in [-0.25, -0.2) is 4.79 Å². The molecule has 0 spiro atoms. The zero-order valence-electron chi connectivity index (χ0n) is 10.0. The molecule has 17 heavy (non-hydrogen) atoms. The quantitative estimate of drug-likeness (QED) is 0.751. The summed E-state index contributed by atoms with van der Waals surface area (Å²) >= 11 is 0. The lowest BCUT2D eigenvalue weighted by atomic mass is 10.2. The zero-order valence-corrected chi connectivity index (χ0v) is 10.0. The van der Waals surface area contributed by atoms with E-state index in [4.69, 9.17) is 4.74 Å². The van der Waals surface area contributed by atoms with Crippen LogP contribution in [-0.2, 0) is 16.1 Å². The van der Waals surface area contributed by atoms with E-state index in [1.165, 1.54) is 26.1 Å². The summed E-state index contributed by atoms with van der Waals surface area (Å²) in [4.78, 5) is 15.4. The first kappa shape index (κ1) is 12.0. The molecule has 0 N–H and O–H groups in total. The van der Waals surface area contributed by atoms with Crippen LogP contribution in [-0.4, -0.2) is 24.2 Å². The van der Waals surface area contributed by atoms with Gasteiger partial charge < -0.3 is 9.47 Å². The van der Waals surface area contributed by atoms with Crippen LogP contribution in [0.3, 0.4) is 0 Å². The van der Waals surface area contributed by atoms with E-state index in [1.54, 1.807) is 12.1 Å². The monoisotopic (exact) mass is 235 g/mol. The molecule has 1 aliphatic carbocycles. The van der Waals surface area contributed by atoms with E-state index >= 15 is 0 Å². The van der Waals surface area contributed by atoms with E-state index in [-0.39, 0.29) is 5.97 Å². The van der Waals surface area contributed by atoms with E-state index < -0.39 is 0 Å². The highest BCUT2D eigenvalue weighted by molar-refractivity contribution is 5.88. The van der Waals surface area contributed by atoms with Gasteiger partial charge in [-0.3, -0.25) is 4.98 Å². The van der Waals surface area contributed by atoms with E-state index in [1.807, 2.05) is 0 Å². The number of nitrogens with zero attached hydrogens (tertiary/aromatic N) is 1. The number of methoxy groups -OCH3 is 1. The Bertz CT molecular complexity index is 369. The van der Waals surface area contributed by atoms with Gasteiger partial charge in [0.1, 0.15) is 0 Å². The number of ether oxygens (including phenoxy) is 2. The zero-order chi connectivity index (χ0) is 12.1. The fourth-order valence-corrected chi connectivity index (χ4v) is 2.01. The number of carbonyl (C=O) groups excluding carboxylic acids is 1. The number of hydrogen-bond donors (Lipinski definition) is 0. The molecule has 1 aliphatic rings. The van der Waals surface area contributed by atoms with Gasteiger partial charge in [0.2, 0.25) is 0 Å². The SMILES string of the molecule is COC(=O)c1ccc(COC2CCCC2)nc1. The van der Waals surface area contributed by atoms with Crippen LogP contribution >= 0.6 is 0 Å². The van der Waals surface area contributed by atoms with Gasteiger partial charge in [0, 0.05) is 6.20 Å². The van der Waals surface area contributed by atoms with Crippen molar-refractivity contribution in [2.75, 3.05) is 7.11 Å². The van der Waals surface area contributed by atoms with Gasteiger partial charge in [-0.05, 0) is 25.0 Å². The van der Waals surface area contributed by atoms with Crippen LogP contribution < -0.4 is 0 Å². The Labute approximate surface area is 101 Å². The largest absolute Gasteiger partial charge is 0.465 e. The van der Waals surface area contributed by atoms with Crippen molar-refractivity contribution in [3.05, 3.63) is 29.6 Å². The van der Waals surface area contributed by atoms with E-state index in [9.17, 15) is 4.79 Å². The predicted octanol–water partition coefficient (Wildman–Crippen LogP) is 2.33. The Morgan fingerprint density at radius 1 is 1.41 bits per heavy atom. The van der Waals surface area contributed by atoms with Crippen molar-refractivity contribution in [2.45, 2.75) is 38.4 Å². The third kappa shape index (κ3) is 3.27. The predicted molar refractivity (Wildman–Crippen MR) is 62.6 cm³/mol. The molecule has 0 radical (unpaired) electrons. The highest BCUT2D eigenvalue weighted by atomic mass is 16.5. The van der Waals surface area contributed by atoms with Gasteiger partial charge in [-0.1, -0.05) is 12.8 Å². The Balaban J connectivity index is 1.87. The van der Waals surface area contributed by atoms with Gasteiger partial charge in [-0.2, -0.15) is 0 Å². The van der Waals surface area contributed by atoms with Crippen molar-refractivity contribution < 1.29 is 14.3 Å². The molecule has 4 nitrogen and oxygen atoms in total. The molecular weight excluding hydrogens is 218 g/mol. The number of pyridine rings is 1. The standard InChI is InChI=1S/C13H17NO3/c1-16-13(15)10-6-7-11(14-8-10)9-17-12-4-2-3-5-12/h6-8,12H,2-5,9H2,1H3. The molecule has 0 amide bonds. The van der Waals surface area contributed by atoms with Gasteiger partial charge in [0.25, 0.3) is 0 Å². The van der Waals surface area contributed by atoms with Crippen LogP contribution in [0.1, 0.15) is 41.7 Å². The smallest absolute Gasteiger partial charge is 0.339 e. The Morgan fingerprint density at radius 2 is 2.18 bits per heavy atom.